The van der Waals surface area contributed by atoms with Crippen molar-refractivity contribution >= 4 is 0 Å². The molecule has 2 nitrogen and oxygen atoms in total. The third-order valence-electron chi connectivity index (χ3n) is 5.00. The Bertz CT molecular complexity index is 293. The van der Waals surface area contributed by atoms with Gasteiger partial charge in [-0.3, -0.25) is 4.90 Å². The van der Waals surface area contributed by atoms with Crippen molar-refractivity contribution in [3.8, 4) is 0 Å². The van der Waals surface area contributed by atoms with Crippen LogP contribution in [-0.2, 0) is 0 Å². The lowest BCUT2D eigenvalue weighted by atomic mass is 9.78. The van der Waals surface area contributed by atoms with Gasteiger partial charge in [-0.25, -0.2) is 0 Å². The summed E-state index contributed by atoms with van der Waals surface area (Å²) in [5.74, 6) is 0.997. The molecule has 2 heteroatoms. The second-order valence-electron chi connectivity index (χ2n) is 6.63. The van der Waals surface area contributed by atoms with Crippen LogP contribution in [0.5, 0.6) is 0 Å². The molecule has 3 aliphatic rings. The smallest absolute Gasteiger partial charge is 0.0205 e. The second kappa shape index (κ2) is 5.75. The first-order valence-electron chi connectivity index (χ1n) is 7.97. The molecule has 1 saturated heterocycles. The van der Waals surface area contributed by atoms with Crippen LogP contribution in [-0.4, -0.2) is 36.6 Å². The summed E-state index contributed by atoms with van der Waals surface area (Å²) in [5.41, 5.74) is 1.40. The summed E-state index contributed by atoms with van der Waals surface area (Å²) < 4.78 is 0. The first-order chi connectivity index (χ1) is 8.83. The van der Waals surface area contributed by atoms with Gasteiger partial charge < -0.3 is 5.32 Å². The summed E-state index contributed by atoms with van der Waals surface area (Å²) >= 11 is 0. The Morgan fingerprint density at radius 2 is 1.83 bits per heavy atom. The number of nitrogens with one attached hydrogen (secondary N) is 1. The largest absolute Gasteiger partial charge is 0.310 e. The quantitative estimate of drug-likeness (QED) is 0.753. The molecule has 18 heavy (non-hydrogen) atoms. The molecular weight excluding hydrogens is 220 g/mol. The van der Waals surface area contributed by atoms with E-state index >= 15 is 0 Å². The van der Waals surface area contributed by atoms with E-state index < -0.39 is 0 Å². The monoisotopic (exact) mass is 248 g/mol. The number of nitrogens with zero attached hydrogens (tertiary/aromatic N) is 1. The lowest BCUT2D eigenvalue weighted by Gasteiger charge is -2.44. The summed E-state index contributed by atoms with van der Waals surface area (Å²) in [6.45, 7) is 7.77. The van der Waals surface area contributed by atoms with Crippen LogP contribution in [0, 0.1) is 5.92 Å². The molecule has 3 rings (SSSR count). The van der Waals surface area contributed by atoms with Crippen LogP contribution in [0.25, 0.3) is 0 Å². The first-order valence-corrected chi connectivity index (χ1v) is 7.97. The zero-order valence-corrected chi connectivity index (χ0v) is 11.7. The standard InChI is InChI=1S/C16H28N2/c1-13(11-17-15-8-9-15)12-18-10-4-6-14-5-2-3-7-16(14)18/h14-17H,1-12H2/t14-,16-/m1/s1. The molecule has 1 aliphatic heterocycles. The van der Waals surface area contributed by atoms with Gasteiger partial charge in [-0.05, 0) is 56.6 Å². The highest BCUT2D eigenvalue weighted by molar-refractivity contribution is 5.04. The van der Waals surface area contributed by atoms with Gasteiger partial charge in [0.15, 0.2) is 0 Å². The minimum absolute atomic E-state index is 0.811. The van der Waals surface area contributed by atoms with Crippen LogP contribution in [0.4, 0.5) is 0 Å². The van der Waals surface area contributed by atoms with Crippen molar-refractivity contribution in [3.05, 3.63) is 12.2 Å². The first kappa shape index (κ1) is 12.7. The molecule has 2 atom stereocenters. The Balaban J connectivity index is 1.48. The Hall–Kier alpha value is -0.340. The molecular formula is C16H28N2. The maximum absolute atomic E-state index is 4.28. The van der Waals surface area contributed by atoms with E-state index in [2.05, 4.69) is 16.8 Å². The minimum atomic E-state index is 0.811. The molecule has 102 valence electrons. The van der Waals surface area contributed by atoms with Crippen molar-refractivity contribution in [1.82, 2.24) is 10.2 Å². The van der Waals surface area contributed by atoms with E-state index in [9.17, 15) is 0 Å². The highest BCUT2D eigenvalue weighted by Crippen LogP contribution is 2.35. The highest BCUT2D eigenvalue weighted by atomic mass is 15.2. The SMILES string of the molecule is C=C(CNC1CC1)CN1CCC[C@H]2CCCC[C@H]21. The van der Waals surface area contributed by atoms with Crippen LogP contribution >= 0.6 is 0 Å². The number of fused-ring (bicyclic) bond motifs is 1. The van der Waals surface area contributed by atoms with Gasteiger partial charge in [0.2, 0.25) is 0 Å². The van der Waals surface area contributed by atoms with E-state index in [1.165, 1.54) is 63.5 Å². The van der Waals surface area contributed by atoms with Gasteiger partial charge in [-0.1, -0.05) is 19.4 Å². The van der Waals surface area contributed by atoms with Crippen molar-refractivity contribution in [2.45, 2.75) is 63.5 Å². The molecule has 3 fully saturated rings. The predicted molar refractivity (Wildman–Crippen MR) is 76.7 cm³/mol. The van der Waals surface area contributed by atoms with Crippen LogP contribution in [0.15, 0.2) is 12.2 Å². The van der Waals surface area contributed by atoms with E-state index in [4.69, 9.17) is 0 Å². The summed E-state index contributed by atoms with van der Waals surface area (Å²) in [6, 6.07) is 1.69. The van der Waals surface area contributed by atoms with Crippen LogP contribution in [0.3, 0.4) is 0 Å². The van der Waals surface area contributed by atoms with E-state index in [-0.39, 0.29) is 0 Å². The molecule has 0 spiro atoms. The summed E-state index contributed by atoms with van der Waals surface area (Å²) in [7, 11) is 0. The molecule has 0 radical (unpaired) electrons. The number of likely N-dealkylation sites (tertiary alicyclic amines) is 1. The fourth-order valence-electron chi connectivity index (χ4n) is 3.84. The Morgan fingerprint density at radius 1 is 1.06 bits per heavy atom. The average Bonchev–Trinajstić information content (AvgIpc) is 3.21. The topological polar surface area (TPSA) is 15.3 Å². The van der Waals surface area contributed by atoms with E-state index in [1.54, 1.807) is 0 Å². The van der Waals surface area contributed by atoms with Gasteiger partial charge in [-0.15, -0.1) is 0 Å². The van der Waals surface area contributed by atoms with Crippen molar-refractivity contribution in [2.75, 3.05) is 19.6 Å². The second-order valence-corrected chi connectivity index (χ2v) is 6.63. The van der Waals surface area contributed by atoms with Crippen molar-refractivity contribution < 1.29 is 0 Å². The lowest BCUT2D eigenvalue weighted by molar-refractivity contribution is 0.0686. The molecule has 0 aromatic rings. The molecule has 0 aromatic heterocycles. The summed E-state index contributed by atoms with van der Waals surface area (Å²) in [4.78, 5) is 2.74. The maximum Gasteiger partial charge on any atom is 0.0205 e. The highest BCUT2D eigenvalue weighted by Gasteiger charge is 2.33. The number of piperidine rings is 1. The van der Waals surface area contributed by atoms with E-state index in [0.717, 1.165) is 31.1 Å². The van der Waals surface area contributed by atoms with Crippen molar-refractivity contribution in [3.63, 3.8) is 0 Å². The Labute approximate surface area is 112 Å². The van der Waals surface area contributed by atoms with Gasteiger partial charge >= 0.3 is 0 Å². The van der Waals surface area contributed by atoms with Gasteiger partial charge in [0.1, 0.15) is 0 Å². The summed E-state index contributed by atoms with van der Waals surface area (Å²) in [5, 5.41) is 3.59. The number of rotatable bonds is 5. The van der Waals surface area contributed by atoms with Gasteiger partial charge in [-0.2, -0.15) is 0 Å². The minimum Gasteiger partial charge on any atom is -0.310 e. The molecule has 0 amide bonds. The van der Waals surface area contributed by atoms with Crippen molar-refractivity contribution in [2.24, 2.45) is 5.92 Å². The molecule has 0 unspecified atom stereocenters. The molecule has 1 N–H and O–H groups in total. The van der Waals surface area contributed by atoms with Crippen LogP contribution in [0.1, 0.15) is 51.4 Å². The van der Waals surface area contributed by atoms with Gasteiger partial charge in [0.05, 0.1) is 0 Å². The zero-order valence-electron chi connectivity index (χ0n) is 11.7. The maximum atomic E-state index is 4.28. The fraction of sp³-hybridized carbons (Fsp3) is 0.875. The van der Waals surface area contributed by atoms with Crippen LogP contribution < -0.4 is 5.32 Å². The molecule has 0 bridgehead atoms. The van der Waals surface area contributed by atoms with Gasteiger partial charge in [0, 0.05) is 25.2 Å². The average molecular weight is 248 g/mol. The third-order valence-corrected chi connectivity index (χ3v) is 5.00. The predicted octanol–water partition coefficient (Wildman–Crippen LogP) is 2.95. The normalized spacial score (nSPS) is 33.1. The number of hydrogen-bond donors (Lipinski definition) is 1. The Kier molecular flexibility index (Phi) is 4.05. The Morgan fingerprint density at radius 3 is 2.67 bits per heavy atom. The molecule has 2 aliphatic carbocycles. The zero-order chi connectivity index (χ0) is 12.4. The third kappa shape index (κ3) is 3.16. The lowest BCUT2D eigenvalue weighted by Crippen LogP contribution is -2.47. The van der Waals surface area contributed by atoms with E-state index in [0.29, 0.717) is 0 Å². The fourth-order valence-corrected chi connectivity index (χ4v) is 3.84. The number of hydrogen-bond acceptors (Lipinski definition) is 2. The molecule has 2 saturated carbocycles. The molecule has 0 aromatic carbocycles. The summed E-state index contributed by atoms with van der Waals surface area (Å²) in [6.07, 6.45) is 11.5. The van der Waals surface area contributed by atoms with Gasteiger partial charge in [0.25, 0.3) is 0 Å². The van der Waals surface area contributed by atoms with Crippen molar-refractivity contribution in [1.29, 1.82) is 0 Å². The van der Waals surface area contributed by atoms with Crippen LogP contribution in [0.2, 0.25) is 0 Å². The van der Waals surface area contributed by atoms with E-state index in [1.807, 2.05) is 0 Å². The molecule has 1 heterocycles.